The van der Waals surface area contributed by atoms with Crippen LogP contribution in [0.25, 0.3) is 0 Å². The van der Waals surface area contributed by atoms with Crippen molar-refractivity contribution in [3.63, 3.8) is 0 Å². The Hall–Kier alpha value is -0.630. The van der Waals surface area contributed by atoms with Gasteiger partial charge in [0.25, 0.3) is 0 Å². The molecule has 2 nitrogen and oxygen atoms in total. The molecular weight excluding hydrogens is 284 g/mol. The Labute approximate surface area is 140 Å². The second-order valence-corrected chi connectivity index (χ2v) is 9.42. The third-order valence-corrected chi connectivity index (χ3v) is 8.58. The number of fused-ring (bicyclic) bond motifs is 5. The van der Waals surface area contributed by atoms with Gasteiger partial charge in [-0.1, -0.05) is 25.5 Å². The molecule has 3 unspecified atom stereocenters. The number of hydrogen-bond acceptors (Lipinski definition) is 2. The summed E-state index contributed by atoms with van der Waals surface area (Å²) in [5, 5.41) is 10.0. The molecule has 0 aromatic rings. The fourth-order valence-corrected chi connectivity index (χ4v) is 7.38. The normalized spacial score (nSPS) is 52.2. The van der Waals surface area contributed by atoms with Crippen molar-refractivity contribution < 1.29 is 9.90 Å². The molecule has 128 valence electrons. The number of allylic oxidation sites excluding steroid dienone is 1. The van der Waals surface area contributed by atoms with Crippen molar-refractivity contribution >= 4 is 5.78 Å². The van der Waals surface area contributed by atoms with Gasteiger partial charge in [-0.25, -0.2) is 0 Å². The van der Waals surface area contributed by atoms with E-state index in [2.05, 4.69) is 19.9 Å². The Morgan fingerprint density at radius 2 is 1.87 bits per heavy atom. The molecule has 7 atom stereocenters. The zero-order valence-corrected chi connectivity index (χ0v) is 15.0. The Balaban J connectivity index is 1.66. The van der Waals surface area contributed by atoms with Gasteiger partial charge in [0.05, 0.1) is 6.10 Å². The molecule has 4 aliphatic rings. The van der Waals surface area contributed by atoms with Crippen molar-refractivity contribution in [2.24, 2.45) is 34.5 Å². The van der Waals surface area contributed by atoms with Crippen LogP contribution < -0.4 is 0 Å². The predicted molar refractivity (Wildman–Crippen MR) is 91.9 cm³/mol. The second-order valence-electron chi connectivity index (χ2n) is 9.42. The van der Waals surface area contributed by atoms with E-state index in [1.165, 1.54) is 32.1 Å². The molecule has 0 aromatic carbocycles. The van der Waals surface area contributed by atoms with Crippen molar-refractivity contribution in [3.05, 3.63) is 11.6 Å². The largest absolute Gasteiger partial charge is 0.389 e. The lowest BCUT2D eigenvalue weighted by molar-refractivity contribution is -0.127. The number of rotatable bonds is 1. The molecule has 2 heteroatoms. The first-order valence-electron chi connectivity index (χ1n) is 9.76. The van der Waals surface area contributed by atoms with Crippen LogP contribution in [0.3, 0.4) is 0 Å². The van der Waals surface area contributed by atoms with E-state index in [0.29, 0.717) is 17.1 Å². The van der Waals surface area contributed by atoms with Gasteiger partial charge in [-0.2, -0.15) is 0 Å². The Morgan fingerprint density at radius 1 is 1.09 bits per heavy atom. The quantitative estimate of drug-likeness (QED) is 0.722. The number of aliphatic hydroxyl groups excluding tert-OH is 1. The van der Waals surface area contributed by atoms with E-state index >= 15 is 0 Å². The van der Waals surface area contributed by atoms with E-state index < -0.39 is 0 Å². The molecule has 4 aliphatic carbocycles. The number of ketones is 1. The lowest BCUT2D eigenvalue weighted by Crippen LogP contribution is -2.51. The van der Waals surface area contributed by atoms with Gasteiger partial charge in [0.2, 0.25) is 0 Å². The molecule has 1 N–H and O–H groups in total. The molecule has 3 fully saturated rings. The highest BCUT2D eigenvalue weighted by Gasteiger charge is 2.59. The number of aliphatic hydroxyl groups is 1. The third-order valence-electron chi connectivity index (χ3n) is 8.58. The summed E-state index contributed by atoms with van der Waals surface area (Å²) in [5.74, 6) is 3.07. The molecule has 0 spiro atoms. The minimum absolute atomic E-state index is 0.211. The van der Waals surface area contributed by atoms with Gasteiger partial charge in [-0.15, -0.1) is 0 Å². The van der Waals surface area contributed by atoms with E-state index in [4.69, 9.17) is 0 Å². The average Bonchev–Trinajstić information content (AvgIpc) is 2.85. The smallest absolute Gasteiger partial charge is 0.133 e. The Bertz CT molecular complexity index is 550. The van der Waals surface area contributed by atoms with E-state index in [1.807, 2.05) is 6.92 Å². The average molecular weight is 316 g/mol. The minimum Gasteiger partial charge on any atom is -0.389 e. The van der Waals surface area contributed by atoms with Crippen LogP contribution in [0.5, 0.6) is 0 Å². The highest BCUT2D eigenvalue weighted by molar-refractivity contribution is 5.79. The zero-order valence-electron chi connectivity index (χ0n) is 15.0. The van der Waals surface area contributed by atoms with E-state index in [0.717, 1.165) is 37.0 Å². The molecule has 0 aliphatic heterocycles. The standard InChI is InChI=1S/C21H32O2/c1-13(22)17-6-7-18-16-5-4-14-12-15(23)8-10-20(14,2)19(16)9-11-21(17,18)3/h12,15-19,23H,4-11H2,1-3H3/t15-,16?,17+,18?,19?,20-,21+/m1/s1. The van der Waals surface area contributed by atoms with E-state index in [-0.39, 0.29) is 11.5 Å². The molecule has 4 rings (SSSR count). The van der Waals surface area contributed by atoms with Crippen LogP contribution in [0.4, 0.5) is 0 Å². The van der Waals surface area contributed by atoms with Crippen molar-refractivity contribution in [1.29, 1.82) is 0 Å². The first kappa shape index (κ1) is 15.9. The van der Waals surface area contributed by atoms with Crippen molar-refractivity contribution in [2.75, 3.05) is 0 Å². The summed E-state index contributed by atoms with van der Waals surface area (Å²) in [5.41, 5.74) is 2.12. The van der Waals surface area contributed by atoms with Gasteiger partial charge in [-0.3, -0.25) is 4.79 Å². The Morgan fingerprint density at radius 3 is 2.61 bits per heavy atom. The predicted octanol–water partition coefficient (Wildman–Crippen LogP) is 4.52. The summed E-state index contributed by atoms with van der Waals surface area (Å²) in [6, 6.07) is 0. The van der Waals surface area contributed by atoms with Gasteiger partial charge in [-0.05, 0) is 86.9 Å². The summed E-state index contributed by atoms with van der Waals surface area (Å²) in [7, 11) is 0. The summed E-state index contributed by atoms with van der Waals surface area (Å²) in [6.45, 7) is 6.71. The highest BCUT2D eigenvalue weighted by Crippen LogP contribution is 2.66. The van der Waals surface area contributed by atoms with E-state index in [1.54, 1.807) is 5.57 Å². The molecule has 0 heterocycles. The zero-order chi connectivity index (χ0) is 16.4. The monoisotopic (exact) mass is 316 g/mol. The van der Waals surface area contributed by atoms with Crippen molar-refractivity contribution in [1.82, 2.24) is 0 Å². The fourth-order valence-electron chi connectivity index (χ4n) is 7.38. The molecule has 3 saturated carbocycles. The third kappa shape index (κ3) is 2.13. The fraction of sp³-hybridized carbons (Fsp3) is 0.857. The lowest BCUT2D eigenvalue weighted by Gasteiger charge is -2.58. The van der Waals surface area contributed by atoms with Crippen molar-refractivity contribution in [2.45, 2.75) is 78.2 Å². The summed E-state index contributed by atoms with van der Waals surface area (Å²) in [4.78, 5) is 12.2. The second kappa shape index (κ2) is 5.18. The lowest BCUT2D eigenvalue weighted by atomic mass is 9.46. The first-order chi connectivity index (χ1) is 10.9. The number of Topliss-reactive ketones (excluding diaryl/α,β-unsaturated/α-hetero) is 1. The van der Waals surface area contributed by atoms with Gasteiger partial charge in [0, 0.05) is 5.92 Å². The minimum atomic E-state index is -0.211. The van der Waals surface area contributed by atoms with Crippen LogP contribution in [0.15, 0.2) is 11.6 Å². The Kier molecular flexibility index (Phi) is 3.58. The molecule has 0 aromatic heterocycles. The number of hydrogen-bond donors (Lipinski definition) is 1. The summed E-state index contributed by atoms with van der Waals surface area (Å²) < 4.78 is 0. The number of carbonyl (C=O) groups excluding carboxylic acids is 1. The van der Waals surface area contributed by atoms with E-state index in [9.17, 15) is 9.90 Å². The molecule has 0 amide bonds. The van der Waals surface area contributed by atoms with Gasteiger partial charge >= 0.3 is 0 Å². The van der Waals surface area contributed by atoms with Crippen LogP contribution in [-0.4, -0.2) is 17.0 Å². The van der Waals surface area contributed by atoms with Crippen LogP contribution >= 0.6 is 0 Å². The van der Waals surface area contributed by atoms with Crippen LogP contribution in [0.1, 0.15) is 72.1 Å². The van der Waals surface area contributed by atoms with Crippen LogP contribution in [-0.2, 0) is 4.79 Å². The number of carbonyl (C=O) groups is 1. The topological polar surface area (TPSA) is 37.3 Å². The molecule has 0 radical (unpaired) electrons. The summed E-state index contributed by atoms with van der Waals surface area (Å²) in [6.07, 6.45) is 11.4. The SMILES string of the molecule is CC(=O)[C@@H]1CCC2C3CCC4=C[C@H](O)CC[C@@]4(C)C3CC[C@]21C. The highest BCUT2D eigenvalue weighted by atomic mass is 16.3. The van der Waals surface area contributed by atoms with Crippen LogP contribution in [0.2, 0.25) is 0 Å². The maximum Gasteiger partial charge on any atom is 0.133 e. The molecule has 0 saturated heterocycles. The van der Waals surface area contributed by atoms with Gasteiger partial charge in [0.1, 0.15) is 5.78 Å². The van der Waals surface area contributed by atoms with Crippen LogP contribution in [0, 0.1) is 34.5 Å². The first-order valence-corrected chi connectivity index (χ1v) is 9.76. The van der Waals surface area contributed by atoms with Crippen molar-refractivity contribution in [3.8, 4) is 0 Å². The molecular formula is C21H32O2. The summed E-state index contributed by atoms with van der Waals surface area (Å²) >= 11 is 0. The van der Waals surface area contributed by atoms with Gasteiger partial charge in [0.15, 0.2) is 0 Å². The molecule has 23 heavy (non-hydrogen) atoms. The van der Waals surface area contributed by atoms with Gasteiger partial charge < -0.3 is 5.11 Å². The molecule has 0 bridgehead atoms. The maximum absolute atomic E-state index is 12.2. The maximum atomic E-state index is 12.2.